The zero-order valence-electron chi connectivity index (χ0n) is 16.3. The van der Waals surface area contributed by atoms with E-state index in [-0.39, 0.29) is 24.4 Å². The smallest absolute Gasteiger partial charge is 0.309 e. The molecule has 3 aromatic rings. The van der Waals surface area contributed by atoms with Gasteiger partial charge in [-0.2, -0.15) is 0 Å². The largest absolute Gasteiger partial charge is 0.496 e. The van der Waals surface area contributed by atoms with Gasteiger partial charge in [-0.25, -0.2) is 0 Å². The molecule has 0 saturated carbocycles. The number of carbonyl (C=O) groups excluding carboxylic acids is 2. The van der Waals surface area contributed by atoms with Crippen LogP contribution < -0.4 is 4.74 Å². The van der Waals surface area contributed by atoms with Crippen LogP contribution in [0.4, 0.5) is 0 Å². The van der Waals surface area contributed by atoms with E-state index in [1.165, 1.54) is 0 Å². The van der Waals surface area contributed by atoms with E-state index in [9.17, 15) is 9.59 Å². The van der Waals surface area contributed by atoms with Crippen molar-refractivity contribution in [1.82, 2.24) is 14.5 Å². The first kappa shape index (κ1) is 20.6. The van der Waals surface area contributed by atoms with Crippen molar-refractivity contribution in [1.29, 1.82) is 0 Å². The minimum absolute atomic E-state index is 0.0190. The first-order valence-corrected chi connectivity index (χ1v) is 10.7. The molecule has 156 valence electrons. The molecule has 0 spiro atoms. The van der Waals surface area contributed by atoms with E-state index in [0.29, 0.717) is 41.5 Å². The average Bonchev–Trinajstić information content (AvgIpc) is 3.21. The highest BCUT2D eigenvalue weighted by molar-refractivity contribution is 7.10. The van der Waals surface area contributed by atoms with E-state index < -0.39 is 0 Å². The van der Waals surface area contributed by atoms with Crippen LogP contribution >= 0.6 is 23.1 Å². The third-order valence-corrected chi connectivity index (χ3v) is 6.29. The van der Waals surface area contributed by atoms with Crippen molar-refractivity contribution in [2.45, 2.75) is 19.4 Å². The minimum Gasteiger partial charge on any atom is -0.496 e. The summed E-state index contributed by atoms with van der Waals surface area (Å²) in [5.74, 6) is 0.160. The molecule has 2 heterocycles. The number of ether oxygens (including phenoxy) is 2. The van der Waals surface area contributed by atoms with Crippen LogP contribution in [0.5, 0.6) is 5.75 Å². The molecule has 0 bridgehead atoms. The van der Waals surface area contributed by atoms with Crippen LogP contribution in [0.25, 0.3) is 10.8 Å². The van der Waals surface area contributed by atoms with E-state index in [0.717, 1.165) is 28.1 Å². The van der Waals surface area contributed by atoms with E-state index in [1.54, 1.807) is 18.1 Å². The van der Waals surface area contributed by atoms with Crippen molar-refractivity contribution < 1.29 is 19.1 Å². The van der Waals surface area contributed by atoms with Crippen molar-refractivity contribution in [2.24, 2.45) is 5.92 Å². The molecule has 1 saturated heterocycles. The fraction of sp³-hybridized carbons (Fsp3) is 0.333. The highest BCUT2D eigenvalue weighted by Crippen LogP contribution is 2.30. The fourth-order valence-electron chi connectivity index (χ4n) is 3.67. The number of benzene rings is 2. The van der Waals surface area contributed by atoms with Crippen molar-refractivity contribution in [3.8, 4) is 5.75 Å². The number of piperidine rings is 1. The van der Waals surface area contributed by atoms with Gasteiger partial charge >= 0.3 is 5.97 Å². The number of hydrogen-bond acceptors (Lipinski definition) is 7. The molecular weight excluding hydrogens is 426 g/mol. The van der Waals surface area contributed by atoms with Gasteiger partial charge in [-0.05, 0) is 30.4 Å². The van der Waals surface area contributed by atoms with E-state index in [2.05, 4.69) is 9.59 Å². The quantitative estimate of drug-likeness (QED) is 0.553. The second-order valence-corrected chi connectivity index (χ2v) is 8.38. The summed E-state index contributed by atoms with van der Waals surface area (Å²) in [4.78, 5) is 27.3. The minimum atomic E-state index is -0.291. The van der Waals surface area contributed by atoms with Crippen LogP contribution in [0.15, 0.2) is 36.4 Å². The summed E-state index contributed by atoms with van der Waals surface area (Å²) in [7, 11) is 1.62. The van der Waals surface area contributed by atoms with Gasteiger partial charge in [0.25, 0.3) is 5.91 Å². The van der Waals surface area contributed by atoms with Gasteiger partial charge in [-0.1, -0.05) is 40.4 Å². The van der Waals surface area contributed by atoms with Crippen LogP contribution in [0.3, 0.4) is 0 Å². The lowest BCUT2D eigenvalue weighted by molar-refractivity contribution is -0.151. The Morgan fingerprint density at radius 2 is 1.90 bits per heavy atom. The zero-order chi connectivity index (χ0) is 21.1. The van der Waals surface area contributed by atoms with Crippen molar-refractivity contribution in [3.05, 3.63) is 52.0 Å². The van der Waals surface area contributed by atoms with Crippen molar-refractivity contribution >= 4 is 45.8 Å². The van der Waals surface area contributed by atoms with Gasteiger partial charge in [0.2, 0.25) is 0 Å². The number of amides is 1. The molecule has 1 aliphatic rings. The highest BCUT2D eigenvalue weighted by Gasteiger charge is 2.29. The van der Waals surface area contributed by atoms with Crippen LogP contribution in [0.2, 0.25) is 4.34 Å². The number of halogens is 1. The first-order chi connectivity index (χ1) is 14.6. The maximum atomic E-state index is 13.1. The summed E-state index contributed by atoms with van der Waals surface area (Å²) in [5, 5.41) is 5.60. The number of hydrogen-bond donors (Lipinski definition) is 0. The zero-order valence-corrected chi connectivity index (χ0v) is 17.9. The molecule has 0 radical (unpaired) electrons. The second-order valence-electron chi connectivity index (χ2n) is 7.03. The van der Waals surface area contributed by atoms with E-state index in [4.69, 9.17) is 21.1 Å². The molecule has 1 aliphatic heterocycles. The molecule has 7 nitrogen and oxygen atoms in total. The summed E-state index contributed by atoms with van der Waals surface area (Å²) >= 11 is 6.99. The van der Waals surface area contributed by atoms with E-state index >= 15 is 0 Å². The number of rotatable bonds is 5. The SMILES string of the molecule is COc1ccc(C(=O)N2CCC(C(=O)OCc3nnsc3Cl)CC2)c2ccccc12. The summed E-state index contributed by atoms with van der Waals surface area (Å²) in [6, 6.07) is 11.3. The van der Waals surface area contributed by atoms with Crippen LogP contribution in [0, 0.1) is 5.92 Å². The third-order valence-electron chi connectivity index (χ3n) is 5.31. The number of esters is 1. The number of aromatic nitrogens is 2. The van der Waals surface area contributed by atoms with Crippen LogP contribution in [-0.4, -0.2) is 46.6 Å². The summed E-state index contributed by atoms with van der Waals surface area (Å²) < 4.78 is 14.9. The molecule has 1 fully saturated rings. The Morgan fingerprint density at radius 3 is 2.57 bits per heavy atom. The lowest BCUT2D eigenvalue weighted by Gasteiger charge is -2.31. The van der Waals surface area contributed by atoms with Gasteiger partial charge in [0, 0.05) is 35.6 Å². The number of carbonyl (C=O) groups is 2. The predicted octanol–water partition coefficient (Wildman–Crippen LogP) is 3.95. The Kier molecular flexibility index (Phi) is 6.15. The molecule has 0 atom stereocenters. The number of nitrogens with zero attached hydrogens (tertiary/aromatic N) is 3. The lowest BCUT2D eigenvalue weighted by atomic mass is 9.95. The van der Waals surface area contributed by atoms with Gasteiger partial charge in [0.05, 0.1) is 13.0 Å². The predicted molar refractivity (Wildman–Crippen MR) is 114 cm³/mol. The Labute approximate surface area is 182 Å². The highest BCUT2D eigenvalue weighted by atomic mass is 35.5. The molecule has 0 unspecified atom stereocenters. The van der Waals surface area contributed by atoms with Crippen molar-refractivity contribution in [2.75, 3.05) is 20.2 Å². The van der Waals surface area contributed by atoms with Crippen LogP contribution in [-0.2, 0) is 16.1 Å². The van der Waals surface area contributed by atoms with Crippen molar-refractivity contribution in [3.63, 3.8) is 0 Å². The number of likely N-dealkylation sites (tertiary alicyclic amines) is 1. The van der Waals surface area contributed by atoms with Gasteiger partial charge in [-0.3, -0.25) is 9.59 Å². The van der Waals surface area contributed by atoms with Crippen LogP contribution in [0.1, 0.15) is 28.9 Å². The molecule has 1 aromatic heterocycles. The fourth-order valence-corrected chi connectivity index (χ4v) is 4.27. The summed E-state index contributed by atoms with van der Waals surface area (Å²) in [6.45, 7) is 1.01. The number of fused-ring (bicyclic) bond motifs is 1. The summed E-state index contributed by atoms with van der Waals surface area (Å²) in [5.41, 5.74) is 1.10. The molecule has 0 N–H and O–H groups in total. The van der Waals surface area contributed by atoms with Gasteiger partial charge < -0.3 is 14.4 Å². The number of methoxy groups -OCH3 is 1. The molecule has 9 heteroatoms. The lowest BCUT2D eigenvalue weighted by Crippen LogP contribution is -2.40. The van der Waals surface area contributed by atoms with Gasteiger partial charge in [-0.15, -0.1) is 5.10 Å². The Balaban J connectivity index is 1.39. The normalized spacial score (nSPS) is 14.7. The topological polar surface area (TPSA) is 81.6 Å². The first-order valence-electron chi connectivity index (χ1n) is 9.57. The standard InChI is InChI=1S/C21H20ClN3O4S/c1-28-18-7-6-16(14-4-2-3-5-15(14)18)20(26)25-10-8-13(9-11-25)21(27)29-12-17-19(22)30-24-23-17/h2-7,13H,8-12H2,1H3. The average molecular weight is 446 g/mol. The Morgan fingerprint density at radius 1 is 1.17 bits per heavy atom. The van der Waals surface area contributed by atoms with Gasteiger partial charge in [0.15, 0.2) is 0 Å². The Bertz CT molecular complexity index is 1080. The molecule has 4 rings (SSSR count). The molecular formula is C21H20ClN3O4S. The maximum absolute atomic E-state index is 13.1. The monoisotopic (exact) mass is 445 g/mol. The third kappa shape index (κ3) is 4.11. The second kappa shape index (κ2) is 8.97. The van der Waals surface area contributed by atoms with Gasteiger partial charge in [0.1, 0.15) is 22.4 Å². The summed E-state index contributed by atoms with van der Waals surface area (Å²) in [6.07, 6.45) is 1.11. The molecule has 0 aliphatic carbocycles. The molecule has 30 heavy (non-hydrogen) atoms. The Hall–Kier alpha value is -2.71. The molecule has 1 amide bonds. The van der Waals surface area contributed by atoms with E-state index in [1.807, 2.05) is 30.3 Å². The molecule has 2 aromatic carbocycles. The maximum Gasteiger partial charge on any atom is 0.309 e.